The van der Waals surface area contributed by atoms with E-state index in [2.05, 4.69) is 47.6 Å². The second-order valence-corrected chi connectivity index (χ2v) is 25.3. The van der Waals surface area contributed by atoms with Crippen molar-refractivity contribution in [2.24, 2.45) is 45.3 Å². The highest BCUT2D eigenvalue weighted by atomic mass is 16.8. The molecular formula is C52H84O21. The minimum atomic E-state index is -1.87. The molecule has 4 aliphatic carbocycles. The summed E-state index contributed by atoms with van der Waals surface area (Å²) in [5, 5.41) is 121. The van der Waals surface area contributed by atoms with Crippen LogP contribution in [-0.4, -0.2) is 217 Å². The Kier molecular flexibility index (Phi) is 14.8. The van der Waals surface area contributed by atoms with Crippen LogP contribution in [0.1, 0.15) is 107 Å². The maximum atomic E-state index is 12.3. The molecule has 0 amide bonds. The summed E-state index contributed by atoms with van der Waals surface area (Å²) in [6.45, 7) is 15.9. The van der Waals surface area contributed by atoms with Crippen molar-refractivity contribution in [3.05, 3.63) is 11.6 Å². The van der Waals surface area contributed by atoms with Crippen LogP contribution in [0, 0.1) is 45.3 Å². The minimum absolute atomic E-state index is 0.108. The molecule has 3 unspecified atom stereocenters. The Bertz CT molecular complexity index is 2010. The molecule has 21 heteroatoms. The van der Waals surface area contributed by atoms with Crippen LogP contribution >= 0.6 is 0 Å². The fourth-order valence-electron chi connectivity index (χ4n) is 16.9. The molecule has 21 nitrogen and oxygen atoms in total. The van der Waals surface area contributed by atoms with Gasteiger partial charge in [0, 0.05) is 24.2 Å². The van der Waals surface area contributed by atoms with Gasteiger partial charge < -0.3 is 104 Å². The van der Waals surface area contributed by atoms with Gasteiger partial charge in [-0.3, -0.25) is 0 Å². The number of aliphatic hydroxyl groups excluding tert-OH is 10. The third kappa shape index (κ3) is 8.77. The Labute approximate surface area is 426 Å². The van der Waals surface area contributed by atoms with Gasteiger partial charge in [-0.05, 0) is 100 Å². The molecule has 6 aliphatic heterocycles. The molecular weight excluding hydrogens is 961 g/mol. The van der Waals surface area contributed by atoms with Crippen LogP contribution in [0.4, 0.5) is 0 Å². The summed E-state index contributed by atoms with van der Waals surface area (Å²) in [5.74, 6) is -0.230. The van der Waals surface area contributed by atoms with E-state index in [4.69, 9.17) is 47.4 Å². The zero-order valence-electron chi connectivity index (χ0n) is 43.4. The Morgan fingerprint density at radius 2 is 1.32 bits per heavy atom. The molecule has 73 heavy (non-hydrogen) atoms. The number of fused-ring (bicyclic) bond motifs is 4. The standard InChI is InChI=1S/C52H84O21/c1-22(2)15-24-16-50(8,63)42-25-9-10-30-48(6)13-12-31(47(4,5)29(48)11-14-49(30,7)51(25)20-52(42,73-24)66-21-51)69-45-41(72-44-38(62)35(59)32(56)23(3)67-44)39(27(55)19-65-45)70-46-40(36(60)34(58)28(17-53)68-46)71-43-37(61)33(57)26(54)18-64-43/h15,23-46,53-63H,9-14,16-21H2,1-8H3/t23-,24-,25?,26-,27+,28-,29+,30-,31+,32+,33+,34-,35+,36+,37-,38-,39+,40-,41-,42?,43+,44-,45+,46+,48+,49-,50?,51+,52+/m1/s1. The molecule has 0 aromatic heterocycles. The lowest BCUT2D eigenvalue weighted by molar-refractivity contribution is -0.399. The topological polar surface area (TPSA) is 315 Å². The molecule has 0 aromatic carbocycles. The lowest BCUT2D eigenvalue weighted by Crippen LogP contribution is -2.68. The molecule has 6 heterocycles. The monoisotopic (exact) mass is 1040 g/mol. The van der Waals surface area contributed by atoms with Gasteiger partial charge in [0.1, 0.15) is 79.4 Å². The first-order chi connectivity index (χ1) is 34.2. The van der Waals surface area contributed by atoms with Gasteiger partial charge >= 0.3 is 0 Å². The van der Waals surface area contributed by atoms with Gasteiger partial charge in [0.15, 0.2) is 30.9 Å². The van der Waals surface area contributed by atoms with Crippen molar-refractivity contribution in [2.75, 3.05) is 26.4 Å². The number of allylic oxidation sites excluding steroid dienone is 1. The van der Waals surface area contributed by atoms with E-state index in [1.165, 1.54) is 6.92 Å². The molecule has 6 saturated heterocycles. The number of rotatable bonds is 10. The van der Waals surface area contributed by atoms with Crippen LogP contribution < -0.4 is 0 Å². The molecule has 2 spiro atoms. The van der Waals surface area contributed by atoms with Crippen LogP contribution in [0.2, 0.25) is 0 Å². The predicted molar refractivity (Wildman–Crippen MR) is 250 cm³/mol. The van der Waals surface area contributed by atoms with Gasteiger partial charge in [0.2, 0.25) is 0 Å². The number of hydrogen-bond acceptors (Lipinski definition) is 21. The molecule has 11 N–H and O–H groups in total. The average molecular weight is 1050 g/mol. The van der Waals surface area contributed by atoms with E-state index in [0.717, 1.165) is 44.1 Å². The van der Waals surface area contributed by atoms with Crippen molar-refractivity contribution in [1.82, 2.24) is 0 Å². The molecule has 10 aliphatic rings. The average Bonchev–Trinajstić information content (AvgIpc) is 3.85. The SMILES string of the molecule is CC(C)=C[C@@H]1CC(C)(O)C2C3CC[C@@H]4[C@@]5(C)CC[C@H](O[C@@H]6OC[C@H](O)[C@H](O[C@@H]7O[C@H](CO)[C@@H](O)[C@H](O)[C@H]7O[C@@H]7OC[C@@H](O)[C@H](O)[C@H]7O)[C@H]6O[C@H]6O[C@H](C)[C@H](O)[C@H](O)[C@H]6O)C(C)(C)[C@@H]5CC[C@@]4(C)[C@@]34CO[C@@]2(C4)O1. The summed E-state index contributed by atoms with van der Waals surface area (Å²) in [6.07, 6.45) is -20.8. The minimum Gasteiger partial charge on any atom is -0.394 e. The van der Waals surface area contributed by atoms with Crippen LogP contribution in [0.3, 0.4) is 0 Å². The Morgan fingerprint density at radius 1 is 0.644 bits per heavy atom. The molecule has 0 aromatic rings. The highest BCUT2D eigenvalue weighted by Gasteiger charge is 2.81. The zero-order chi connectivity index (χ0) is 52.7. The van der Waals surface area contributed by atoms with Gasteiger partial charge in [-0.25, -0.2) is 0 Å². The van der Waals surface area contributed by atoms with Crippen molar-refractivity contribution in [3.63, 3.8) is 0 Å². The van der Waals surface area contributed by atoms with Crippen molar-refractivity contribution in [3.8, 4) is 0 Å². The zero-order valence-corrected chi connectivity index (χ0v) is 43.4. The third-order valence-electron chi connectivity index (χ3n) is 20.4. The number of hydrogen-bond donors (Lipinski definition) is 11. The maximum absolute atomic E-state index is 12.3. The first kappa shape index (κ1) is 55.2. The normalized spacial score (nSPS) is 57.5. The fourth-order valence-corrected chi connectivity index (χ4v) is 16.9. The number of aliphatic hydroxyl groups is 11. The Balaban J connectivity index is 0.919. The predicted octanol–water partition coefficient (Wildman–Crippen LogP) is -0.542. The quantitative estimate of drug-likeness (QED) is 0.0967. The molecule has 10 fully saturated rings. The molecule has 4 saturated carbocycles. The van der Waals surface area contributed by atoms with Gasteiger partial charge in [0.05, 0.1) is 50.3 Å². The fraction of sp³-hybridized carbons (Fsp3) is 0.962. The molecule has 418 valence electrons. The van der Waals surface area contributed by atoms with Crippen LogP contribution in [0.5, 0.6) is 0 Å². The summed E-state index contributed by atoms with van der Waals surface area (Å²) in [4.78, 5) is 0. The van der Waals surface area contributed by atoms with Crippen LogP contribution in [0.15, 0.2) is 11.6 Å². The molecule has 10 rings (SSSR count). The summed E-state index contributed by atoms with van der Waals surface area (Å²) in [7, 11) is 0. The van der Waals surface area contributed by atoms with E-state index in [-0.39, 0.29) is 46.7 Å². The third-order valence-corrected chi connectivity index (χ3v) is 20.4. The van der Waals surface area contributed by atoms with E-state index in [1.807, 2.05) is 6.92 Å². The summed E-state index contributed by atoms with van der Waals surface area (Å²) in [6, 6.07) is 0. The van der Waals surface area contributed by atoms with Crippen LogP contribution in [-0.2, 0) is 47.4 Å². The van der Waals surface area contributed by atoms with Crippen molar-refractivity contribution in [1.29, 1.82) is 0 Å². The van der Waals surface area contributed by atoms with E-state index < -0.39 is 147 Å². The second kappa shape index (κ2) is 19.6. The summed E-state index contributed by atoms with van der Waals surface area (Å²) >= 11 is 0. The maximum Gasteiger partial charge on any atom is 0.187 e. The summed E-state index contributed by atoms with van der Waals surface area (Å²) < 4.78 is 63.4. The van der Waals surface area contributed by atoms with E-state index in [0.29, 0.717) is 25.4 Å². The van der Waals surface area contributed by atoms with Crippen molar-refractivity contribution in [2.45, 2.75) is 241 Å². The summed E-state index contributed by atoms with van der Waals surface area (Å²) in [5.41, 5.74) is -0.717. The Hall–Kier alpha value is -1.10. The lowest BCUT2D eigenvalue weighted by atomic mass is 9.35. The molecule has 2 bridgehead atoms. The molecule has 29 atom stereocenters. The molecule has 0 radical (unpaired) electrons. The smallest absolute Gasteiger partial charge is 0.187 e. The van der Waals surface area contributed by atoms with Gasteiger partial charge in [-0.1, -0.05) is 39.3 Å². The van der Waals surface area contributed by atoms with Gasteiger partial charge in [-0.2, -0.15) is 0 Å². The van der Waals surface area contributed by atoms with E-state index in [1.54, 1.807) is 0 Å². The highest BCUT2D eigenvalue weighted by Crippen LogP contribution is 2.80. The Morgan fingerprint density at radius 3 is 2.03 bits per heavy atom. The number of ether oxygens (including phenoxy) is 10. The van der Waals surface area contributed by atoms with Crippen molar-refractivity contribution >= 4 is 0 Å². The van der Waals surface area contributed by atoms with Gasteiger partial charge in [-0.15, -0.1) is 0 Å². The van der Waals surface area contributed by atoms with E-state index >= 15 is 0 Å². The largest absolute Gasteiger partial charge is 0.394 e. The second-order valence-electron chi connectivity index (χ2n) is 25.3. The lowest BCUT2D eigenvalue weighted by Gasteiger charge is -2.70. The first-order valence-corrected chi connectivity index (χ1v) is 26.8. The highest BCUT2D eigenvalue weighted by molar-refractivity contribution is 5.27. The van der Waals surface area contributed by atoms with E-state index in [9.17, 15) is 56.2 Å². The first-order valence-electron chi connectivity index (χ1n) is 26.8. The van der Waals surface area contributed by atoms with Gasteiger partial charge in [0.25, 0.3) is 0 Å². The van der Waals surface area contributed by atoms with Crippen LogP contribution in [0.25, 0.3) is 0 Å². The van der Waals surface area contributed by atoms with Crippen molar-refractivity contribution < 1.29 is 104 Å².